The molecule has 0 amide bonds. The number of likely N-dealkylation sites (N-methyl/N-ethyl adjacent to an activating group) is 1. The molecule has 0 aliphatic rings. The Morgan fingerprint density at radius 2 is 1.82 bits per heavy atom. The van der Waals surface area contributed by atoms with E-state index in [1.54, 1.807) is 7.11 Å². The van der Waals surface area contributed by atoms with Crippen LogP contribution in [0.25, 0.3) is 0 Å². The van der Waals surface area contributed by atoms with E-state index in [2.05, 4.69) is 43.4 Å². The standard InChI is InChI=1S/C15H25NO/c1-5-7-12-8-10-13(11-9-12)15(16-3)14(6-2)17-4/h8-11,14-16H,5-7H2,1-4H3. The van der Waals surface area contributed by atoms with Gasteiger partial charge in [0.1, 0.15) is 0 Å². The molecule has 96 valence electrons. The molecule has 0 heterocycles. The number of methoxy groups -OCH3 is 1. The topological polar surface area (TPSA) is 21.3 Å². The molecule has 2 atom stereocenters. The highest BCUT2D eigenvalue weighted by Gasteiger charge is 2.19. The fourth-order valence-corrected chi connectivity index (χ4v) is 2.29. The number of nitrogens with one attached hydrogen (secondary N) is 1. The minimum Gasteiger partial charge on any atom is -0.379 e. The third-order valence-electron chi connectivity index (χ3n) is 3.27. The largest absolute Gasteiger partial charge is 0.379 e. The van der Waals surface area contributed by atoms with Crippen LogP contribution in [0.3, 0.4) is 0 Å². The molecule has 0 radical (unpaired) electrons. The summed E-state index contributed by atoms with van der Waals surface area (Å²) in [6, 6.07) is 9.17. The van der Waals surface area contributed by atoms with E-state index in [4.69, 9.17) is 4.74 Å². The predicted octanol–water partition coefficient (Wildman–Crippen LogP) is 3.32. The van der Waals surface area contributed by atoms with E-state index in [9.17, 15) is 0 Å². The first-order chi connectivity index (χ1) is 8.26. The minimum absolute atomic E-state index is 0.233. The first kappa shape index (κ1) is 14.2. The van der Waals surface area contributed by atoms with Crippen molar-refractivity contribution in [2.45, 2.75) is 45.3 Å². The minimum atomic E-state index is 0.233. The fourth-order valence-electron chi connectivity index (χ4n) is 2.29. The first-order valence-electron chi connectivity index (χ1n) is 6.55. The van der Waals surface area contributed by atoms with Crippen molar-refractivity contribution >= 4 is 0 Å². The molecule has 2 heteroatoms. The molecule has 17 heavy (non-hydrogen) atoms. The van der Waals surface area contributed by atoms with Gasteiger partial charge in [-0.05, 0) is 31.0 Å². The molecule has 0 saturated heterocycles. The van der Waals surface area contributed by atoms with E-state index < -0.39 is 0 Å². The Morgan fingerprint density at radius 3 is 2.24 bits per heavy atom. The van der Waals surface area contributed by atoms with Gasteiger partial charge in [-0.2, -0.15) is 0 Å². The van der Waals surface area contributed by atoms with Crippen molar-refractivity contribution in [3.05, 3.63) is 35.4 Å². The lowest BCUT2D eigenvalue weighted by Gasteiger charge is -2.25. The molecule has 0 aliphatic heterocycles. The van der Waals surface area contributed by atoms with Crippen molar-refractivity contribution in [1.29, 1.82) is 0 Å². The number of hydrogen-bond donors (Lipinski definition) is 1. The molecular weight excluding hydrogens is 210 g/mol. The third kappa shape index (κ3) is 3.83. The predicted molar refractivity (Wildman–Crippen MR) is 73.3 cm³/mol. The Bertz CT molecular complexity index is 303. The molecule has 0 aromatic heterocycles. The summed E-state index contributed by atoms with van der Waals surface area (Å²) in [6.07, 6.45) is 3.60. The lowest BCUT2D eigenvalue weighted by Crippen LogP contribution is -2.30. The average molecular weight is 235 g/mol. The summed E-state index contributed by atoms with van der Waals surface area (Å²) in [5.41, 5.74) is 2.72. The second-order valence-electron chi connectivity index (χ2n) is 4.44. The van der Waals surface area contributed by atoms with Gasteiger partial charge in [0.2, 0.25) is 0 Å². The summed E-state index contributed by atoms with van der Waals surface area (Å²) >= 11 is 0. The van der Waals surface area contributed by atoms with Crippen LogP contribution in [-0.4, -0.2) is 20.3 Å². The third-order valence-corrected chi connectivity index (χ3v) is 3.27. The summed E-state index contributed by atoms with van der Waals surface area (Å²) in [5, 5.41) is 3.35. The van der Waals surface area contributed by atoms with Gasteiger partial charge in [-0.1, -0.05) is 44.5 Å². The maximum Gasteiger partial charge on any atom is 0.0763 e. The molecule has 1 aromatic carbocycles. The van der Waals surface area contributed by atoms with Gasteiger partial charge < -0.3 is 10.1 Å². The zero-order valence-corrected chi connectivity index (χ0v) is 11.5. The van der Waals surface area contributed by atoms with E-state index >= 15 is 0 Å². The zero-order chi connectivity index (χ0) is 12.7. The summed E-state index contributed by atoms with van der Waals surface area (Å²) in [4.78, 5) is 0. The summed E-state index contributed by atoms with van der Waals surface area (Å²) in [7, 11) is 3.77. The van der Waals surface area contributed by atoms with Crippen LogP contribution < -0.4 is 5.32 Å². The SMILES string of the molecule is CCCc1ccc(C(NC)C(CC)OC)cc1. The van der Waals surface area contributed by atoms with Crippen LogP contribution in [0, 0.1) is 0 Å². The molecule has 1 aromatic rings. The van der Waals surface area contributed by atoms with Crippen LogP contribution in [-0.2, 0) is 11.2 Å². The van der Waals surface area contributed by atoms with Gasteiger partial charge in [0, 0.05) is 7.11 Å². The lowest BCUT2D eigenvalue weighted by atomic mass is 9.97. The second-order valence-corrected chi connectivity index (χ2v) is 4.44. The van der Waals surface area contributed by atoms with Crippen molar-refractivity contribution in [3.63, 3.8) is 0 Å². The van der Waals surface area contributed by atoms with Crippen molar-refractivity contribution < 1.29 is 4.74 Å². The molecule has 1 rings (SSSR count). The Morgan fingerprint density at radius 1 is 1.18 bits per heavy atom. The molecular formula is C15H25NO. The summed E-state index contributed by atoms with van der Waals surface area (Å²) < 4.78 is 5.52. The van der Waals surface area contributed by atoms with Gasteiger partial charge in [0.05, 0.1) is 12.1 Å². The number of rotatable bonds is 7. The lowest BCUT2D eigenvalue weighted by molar-refractivity contribution is 0.0675. The van der Waals surface area contributed by atoms with Gasteiger partial charge in [0.15, 0.2) is 0 Å². The number of ether oxygens (including phenoxy) is 1. The molecule has 0 saturated carbocycles. The average Bonchev–Trinajstić information content (AvgIpc) is 2.37. The Kier molecular flexibility index (Phi) is 6.23. The molecule has 0 fully saturated rings. The zero-order valence-electron chi connectivity index (χ0n) is 11.5. The molecule has 0 aliphatic carbocycles. The van der Waals surface area contributed by atoms with E-state index in [0.717, 1.165) is 12.8 Å². The van der Waals surface area contributed by atoms with Gasteiger partial charge in [-0.15, -0.1) is 0 Å². The Labute approximate surface area is 105 Å². The van der Waals surface area contributed by atoms with Gasteiger partial charge in [-0.25, -0.2) is 0 Å². The monoisotopic (exact) mass is 235 g/mol. The van der Waals surface area contributed by atoms with Crippen molar-refractivity contribution in [1.82, 2.24) is 5.32 Å². The normalized spacial score (nSPS) is 14.6. The van der Waals surface area contributed by atoms with E-state index in [1.807, 2.05) is 7.05 Å². The Balaban J connectivity index is 2.81. The quantitative estimate of drug-likeness (QED) is 0.782. The van der Waals surface area contributed by atoms with Crippen molar-refractivity contribution in [2.24, 2.45) is 0 Å². The number of aryl methyl sites for hydroxylation is 1. The molecule has 1 N–H and O–H groups in total. The van der Waals surface area contributed by atoms with Crippen LogP contribution in [0.5, 0.6) is 0 Å². The van der Waals surface area contributed by atoms with Crippen LogP contribution in [0.1, 0.15) is 43.9 Å². The van der Waals surface area contributed by atoms with Crippen LogP contribution in [0.15, 0.2) is 24.3 Å². The van der Waals surface area contributed by atoms with E-state index in [0.29, 0.717) is 0 Å². The fraction of sp³-hybridized carbons (Fsp3) is 0.600. The molecule has 2 unspecified atom stereocenters. The maximum atomic E-state index is 5.52. The van der Waals surface area contributed by atoms with Crippen LogP contribution >= 0.6 is 0 Å². The van der Waals surface area contributed by atoms with Gasteiger partial charge in [0.25, 0.3) is 0 Å². The number of benzene rings is 1. The highest BCUT2D eigenvalue weighted by molar-refractivity contribution is 5.26. The maximum absolute atomic E-state index is 5.52. The molecule has 2 nitrogen and oxygen atoms in total. The summed E-state index contributed by atoms with van der Waals surface area (Å²) in [6.45, 7) is 4.37. The van der Waals surface area contributed by atoms with E-state index in [-0.39, 0.29) is 12.1 Å². The van der Waals surface area contributed by atoms with Crippen LogP contribution in [0.4, 0.5) is 0 Å². The molecule has 0 bridgehead atoms. The highest BCUT2D eigenvalue weighted by atomic mass is 16.5. The first-order valence-corrected chi connectivity index (χ1v) is 6.55. The van der Waals surface area contributed by atoms with E-state index in [1.165, 1.54) is 17.5 Å². The molecule has 0 spiro atoms. The second kappa shape index (κ2) is 7.46. The van der Waals surface area contributed by atoms with Gasteiger partial charge in [-0.3, -0.25) is 0 Å². The number of hydrogen-bond acceptors (Lipinski definition) is 2. The van der Waals surface area contributed by atoms with Gasteiger partial charge >= 0.3 is 0 Å². The smallest absolute Gasteiger partial charge is 0.0763 e. The highest BCUT2D eigenvalue weighted by Crippen LogP contribution is 2.21. The Hall–Kier alpha value is -0.860. The van der Waals surface area contributed by atoms with Crippen molar-refractivity contribution in [2.75, 3.05) is 14.2 Å². The summed E-state index contributed by atoms with van der Waals surface area (Å²) in [5.74, 6) is 0. The van der Waals surface area contributed by atoms with Crippen LogP contribution in [0.2, 0.25) is 0 Å². The van der Waals surface area contributed by atoms with Crippen molar-refractivity contribution in [3.8, 4) is 0 Å².